The van der Waals surface area contributed by atoms with E-state index in [0.29, 0.717) is 5.75 Å². The van der Waals surface area contributed by atoms with Crippen LogP contribution in [-0.2, 0) is 0 Å². The molecule has 25 heavy (non-hydrogen) atoms. The Morgan fingerprint density at radius 2 is 1.40 bits per heavy atom. The van der Waals surface area contributed by atoms with Gasteiger partial charge in [0.25, 0.3) is 0 Å². The van der Waals surface area contributed by atoms with Crippen LogP contribution in [0.1, 0.15) is 20.7 Å². The average Bonchev–Trinajstić information content (AvgIpc) is 2.60. The Bertz CT molecular complexity index is 1040. The second-order valence-electron chi connectivity index (χ2n) is 5.68. The Hall–Kier alpha value is -3.60. The number of ether oxygens (including phenoxy) is 1. The number of hydrogen-bond acceptors (Lipinski definition) is 3. The van der Waals surface area contributed by atoms with Crippen molar-refractivity contribution < 1.29 is 24.5 Å². The molecule has 2 N–H and O–H groups in total. The Balaban J connectivity index is 1.69. The zero-order chi connectivity index (χ0) is 17.6. The molecule has 3 aromatic carbocycles. The zero-order valence-electron chi connectivity index (χ0n) is 12.9. The fourth-order valence-corrected chi connectivity index (χ4v) is 2.98. The predicted molar refractivity (Wildman–Crippen MR) is 91.3 cm³/mol. The molecule has 5 nitrogen and oxygen atoms in total. The van der Waals surface area contributed by atoms with Crippen molar-refractivity contribution in [3.8, 4) is 33.8 Å². The summed E-state index contributed by atoms with van der Waals surface area (Å²) in [5.41, 5.74) is 4.19. The lowest BCUT2D eigenvalue weighted by Gasteiger charge is -2.24. The minimum absolute atomic E-state index is 0.101. The maximum Gasteiger partial charge on any atom is 0.339 e. The van der Waals surface area contributed by atoms with E-state index in [4.69, 9.17) is 9.84 Å². The van der Waals surface area contributed by atoms with Gasteiger partial charge < -0.3 is 14.9 Å². The van der Waals surface area contributed by atoms with Gasteiger partial charge in [0, 0.05) is 0 Å². The Morgan fingerprint density at radius 1 is 0.720 bits per heavy atom. The van der Waals surface area contributed by atoms with Crippen LogP contribution in [0.3, 0.4) is 0 Å². The first-order chi connectivity index (χ1) is 12.0. The van der Waals surface area contributed by atoms with Gasteiger partial charge in [0.1, 0.15) is 17.1 Å². The molecule has 0 fully saturated rings. The van der Waals surface area contributed by atoms with E-state index in [2.05, 4.69) is 0 Å². The lowest BCUT2D eigenvalue weighted by molar-refractivity contribution is 0.0694. The maximum absolute atomic E-state index is 11.4. The number of fused-ring (bicyclic) bond motifs is 4. The highest BCUT2D eigenvalue weighted by atomic mass is 16.5. The third-order valence-corrected chi connectivity index (χ3v) is 4.18. The van der Waals surface area contributed by atoms with Gasteiger partial charge in [-0.15, -0.1) is 0 Å². The van der Waals surface area contributed by atoms with E-state index in [-0.39, 0.29) is 16.9 Å². The molecule has 0 saturated carbocycles. The minimum atomic E-state index is -1.24. The third kappa shape index (κ3) is 2.42. The molecule has 5 heteroatoms. The van der Waals surface area contributed by atoms with E-state index in [1.165, 1.54) is 17.7 Å². The van der Waals surface area contributed by atoms with Crippen molar-refractivity contribution in [1.82, 2.24) is 0 Å². The van der Waals surface area contributed by atoms with E-state index in [0.717, 1.165) is 22.8 Å². The summed E-state index contributed by atoms with van der Waals surface area (Å²) in [5, 5.41) is 18.3. The van der Waals surface area contributed by atoms with Gasteiger partial charge in [-0.05, 0) is 52.6 Å². The van der Waals surface area contributed by atoms with E-state index in [1.54, 1.807) is 6.07 Å². The number of carboxylic acid groups (broad SMARTS) is 2. The Morgan fingerprint density at radius 3 is 2.08 bits per heavy atom. The van der Waals surface area contributed by atoms with Crippen LogP contribution in [0.5, 0.6) is 11.5 Å². The summed E-state index contributed by atoms with van der Waals surface area (Å²) in [6, 6.07) is 17.3. The first-order valence-electron chi connectivity index (χ1n) is 7.57. The quantitative estimate of drug-likeness (QED) is 0.574. The Labute approximate surface area is 142 Å². The number of aromatic carboxylic acids is 2. The minimum Gasteiger partial charge on any atom is -0.478 e. The molecule has 1 aliphatic carbocycles. The number of rotatable bonds is 4. The summed E-state index contributed by atoms with van der Waals surface area (Å²) < 4.78 is 5.72. The molecular weight excluding hydrogens is 320 g/mol. The molecule has 0 aliphatic heterocycles. The van der Waals surface area contributed by atoms with Gasteiger partial charge in [0.15, 0.2) is 0 Å². The van der Waals surface area contributed by atoms with Crippen LogP contribution in [0.4, 0.5) is 0 Å². The largest absolute Gasteiger partial charge is 0.478 e. The van der Waals surface area contributed by atoms with Crippen molar-refractivity contribution in [2.75, 3.05) is 0 Å². The summed E-state index contributed by atoms with van der Waals surface area (Å²) in [7, 11) is 0. The van der Waals surface area contributed by atoms with Crippen molar-refractivity contribution in [2.45, 2.75) is 0 Å². The Kier molecular flexibility index (Phi) is 3.28. The van der Waals surface area contributed by atoms with Gasteiger partial charge >= 0.3 is 11.9 Å². The normalized spacial score (nSPS) is 11.0. The van der Waals surface area contributed by atoms with E-state index in [1.807, 2.05) is 36.4 Å². The SMILES string of the molecule is O=C(O)c1ccc(Oc2ccc3c(c2)-c2ccccc2-3)c(C(=O)O)c1. The van der Waals surface area contributed by atoms with Gasteiger partial charge in [0.05, 0.1) is 5.56 Å². The smallest absolute Gasteiger partial charge is 0.339 e. The molecule has 0 aromatic heterocycles. The molecule has 0 saturated heterocycles. The fraction of sp³-hybridized carbons (Fsp3) is 0. The maximum atomic E-state index is 11.4. The molecule has 0 amide bonds. The number of carbonyl (C=O) groups is 2. The van der Waals surface area contributed by atoms with Gasteiger partial charge in [-0.3, -0.25) is 0 Å². The van der Waals surface area contributed by atoms with Crippen molar-refractivity contribution >= 4 is 11.9 Å². The van der Waals surface area contributed by atoms with Crippen LogP contribution >= 0.6 is 0 Å². The lowest BCUT2D eigenvalue weighted by Crippen LogP contribution is -2.05. The summed E-state index contributed by atoms with van der Waals surface area (Å²) in [6.07, 6.45) is 0. The van der Waals surface area contributed by atoms with Crippen LogP contribution < -0.4 is 4.74 Å². The fourth-order valence-electron chi connectivity index (χ4n) is 2.98. The second-order valence-corrected chi connectivity index (χ2v) is 5.68. The first-order valence-corrected chi connectivity index (χ1v) is 7.57. The third-order valence-electron chi connectivity index (χ3n) is 4.18. The first kappa shape index (κ1) is 15.0. The summed E-state index contributed by atoms with van der Waals surface area (Å²) >= 11 is 0. The van der Waals surface area contributed by atoms with E-state index in [9.17, 15) is 14.7 Å². The average molecular weight is 332 g/mol. The summed E-state index contributed by atoms with van der Waals surface area (Å²) in [5.74, 6) is -1.83. The second kappa shape index (κ2) is 5.49. The van der Waals surface area contributed by atoms with E-state index < -0.39 is 11.9 Å². The molecule has 122 valence electrons. The van der Waals surface area contributed by atoms with Gasteiger partial charge in [-0.1, -0.05) is 30.3 Å². The van der Waals surface area contributed by atoms with Gasteiger partial charge in [-0.25, -0.2) is 9.59 Å². The van der Waals surface area contributed by atoms with Crippen LogP contribution in [-0.4, -0.2) is 22.2 Å². The van der Waals surface area contributed by atoms with Crippen LogP contribution in [0.2, 0.25) is 0 Å². The predicted octanol–water partition coefficient (Wildman–Crippen LogP) is 4.52. The molecule has 0 atom stereocenters. The van der Waals surface area contributed by atoms with Crippen molar-refractivity contribution in [1.29, 1.82) is 0 Å². The standard InChI is InChI=1S/C20H12O5/c21-19(22)11-5-8-18(17(9-11)20(23)24)25-12-6-7-15-13-3-1-2-4-14(13)16(15)10-12/h1-10H,(H,21,22)(H,23,24). The van der Waals surface area contributed by atoms with Crippen LogP contribution in [0, 0.1) is 0 Å². The molecule has 0 bridgehead atoms. The molecule has 4 rings (SSSR count). The highest BCUT2D eigenvalue weighted by Crippen LogP contribution is 2.48. The van der Waals surface area contributed by atoms with Gasteiger partial charge in [0.2, 0.25) is 0 Å². The van der Waals surface area contributed by atoms with Crippen molar-refractivity contribution in [3.05, 3.63) is 71.8 Å². The number of hydrogen-bond donors (Lipinski definition) is 2. The number of carboxylic acids is 2. The molecule has 0 unspecified atom stereocenters. The highest BCUT2D eigenvalue weighted by Gasteiger charge is 2.22. The monoisotopic (exact) mass is 332 g/mol. The van der Waals surface area contributed by atoms with Crippen LogP contribution in [0.15, 0.2) is 60.7 Å². The molecule has 0 radical (unpaired) electrons. The van der Waals surface area contributed by atoms with Crippen LogP contribution in [0.25, 0.3) is 22.3 Å². The molecule has 1 aliphatic rings. The molecule has 0 heterocycles. The number of benzene rings is 3. The zero-order valence-corrected chi connectivity index (χ0v) is 12.9. The topological polar surface area (TPSA) is 83.8 Å². The van der Waals surface area contributed by atoms with Crippen molar-refractivity contribution in [2.24, 2.45) is 0 Å². The van der Waals surface area contributed by atoms with Gasteiger partial charge in [-0.2, -0.15) is 0 Å². The molecular formula is C20H12O5. The van der Waals surface area contributed by atoms with E-state index >= 15 is 0 Å². The molecule has 0 spiro atoms. The summed E-state index contributed by atoms with van der Waals surface area (Å²) in [6.45, 7) is 0. The van der Waals surface area contributed by atoms with Crippen molar-refractivity contribution in [3.63, 3.8) is 0 Å². The summed E-state index contributed by atoms with van der Waals surface area (Å²) in [4.78, 5) is 22.4. The highest BCUT2D eigenvalue weighted by molar-refractivity contribution is 6.02. The lowest BCUT2D eigenvalue weighted by atomic mass is 9.81. The molecule has 3 aromatic rings.